The van der Waals surface area contributed by atoms with Gasteiger partial charge in [-0.05, 0) is 18.2 Å². The van der Waals surface area contributed by atoms with Crippen LogP contribution in [0.5, 0.6) is 0 Å². The molecule has 0 aliphatic carbocycles. The zero-order valence-electron chi connectivity index (χ0n) is 10.2. The lowest BCUT2D eigenvalue weighted by molar-refractivity contribution is 0.102. The van der Waals surface area contributed by atoms with Gasteiger partial charge in [-0.1, -0.05) is 23.7 Å². The molecule has 0 aliphatic heterocycles. The Hall–Kier alpha value is -2.11. The van der Waals surface area contributed by atoms with E-state index < -0.39 is 0 Å². The van der Waals surface area contributed by atoms with E-state index in [1.165, 1.54) is 23.9 Å². The van der Waals surface area contributed by atoms with Gasteiger partial charge in [-0.2, -0.15) is 0 Å². The van der Waals surface area contributed by atoms with E-state index in [2.05, 4.69) is 10.3 Å². The summed E-state index contributed by atoms with van der Waals surface area (Å²) >= 11 is 7.21. The molecular weight excluding hydrogens is 296 g/mol. The largest absolute Gasteiger partial charge is 0.472 e. The van der Waals surface area contributed by atoms with E-state index in [-0.39, 0.29) is 5.91 Å². The summed E-state index contributed by atoms with van der Waals surface area (Å²) in [7, 11) is 0. The number of halogens is 1. The minimum absolute atomic E-state index is 0.240. The van der Waals surface area contributed by atoms with E-state index in [1.807, 2.05) is 17.5 Å². The molecule has 20 heavy (non-hydrogen) atoms. The predicted molar refractivity (Wildman–Crippen MR) is 79.2 cm³/mol. The number of hydrogen-bond donors (Lipinski definition) is 1. The van der Waals surface area contributed by atoms with E-state index >= 15 is 0 Å². The molecule has 0 aliphatic rings. The molecule has 4 nitrogen and oxygen atoms in total. The number of hydrogen-bond acceptors (Lipinski definition) is 4. The number of amides is 1. The SMILES string of the molecule is O=C(Nc1nc(-c2ccc(Cl)cc2)cs1)c1ccoc1. The van der Waals surface area contributed by atoms with Crippen molar-refractivity contribution >= 4 is 34.0 Å². The number of nitrogens with one attached hydrogen (secondary N) is 1. The Bertz CT molecular complexity index is 720. The van der Waals surface area contributed by atoms with Gasteiger partial charge in [0.05, 0.1) is 17.5 Å². The molecule has 0 saturated heterocycles. The fraction of sp³-hybridized carbons (Fsp3) is 0. The number of carbonyl (C=O) groups excluding carboxylic acids is 1. The molecule has 3 aromatic rings. The van der Waals surface area contributed by atoms with Crippen LogP contribution in [-0.2, 0) is 0 Å². The molecular formula is C14H9ClN2O2S. The lowest BCUT2D eigenvalue weighted by atomic mass is 10.2. The number of benzene rings is 1. The average Bonchev–Trinajstić information content (AvgIpc) is 3.10. The van der Waals surface area contributed by atoms with Crippen LogP contribution in [0.1, 0.15) is 10.4 Å². The van der Waals surface area contributed by atoms with Crippen molar-refractivity contribution in [3.63, 3.8) is 0 Å². The molecule has 100 valence electrons. The maximum absolute atomic E-state index is 11.8. The highest BCUT2D eigenvalue weighted by Gasteiger charge is 2.10. The van der Waals surface area contributed by atoms with Crippen LogP contribution in [0.4, 0.5) is 5.13 Å². The van der Waals surface area contributed by atoms with Crippen LogP contribution in [0.3, 0.4) is 0 Å². The number of thiazole rings is 1. The second-order valence-electron chi connectivity index (χ2n) is 4.01. The Balaban J connectivity index is 1.77. The minimum atomic E-state index is -0.240. The van der Waals surface area contributed by atoms with E-state index in [4.69, 9.17) is 16.0 Å². The van der Waals surface area contributed by atoms with Crippen molar-refractivity contribution in [3.8, 4) is 11.3 Å². The zero-order valence-corrected chi connectivity index (χ0v) is 11.7. The van der Waals surface area contributed by atoms with Gasteiger partial charge in [-0.3, -0.25) is 10.1 Å². The Morgan fingerprint density at radius 1 is 1.25 bits per heavy atom. The van der Waals surface area contributed by atoms with Crippen molar-refractivity contribution in [1.82, 2.24) is 4.98 Å². The third kappa shape index (κ3) is 2.74. The van der Waals surface area contributed by atoms with Crippen LogP contribution in [0.2, 0.25) is 5.02 Å². The predicted octanol–water partition coefficient (Wildman–Crippen LogP) is 4.31. The van der Waals surface area contributed by atoms with Gasteiger partial charge in [-0.25, -0.2) is 4.98 Å². The van der Waals surface area contributed by atoms with Gasteiger partial charge in [0, 0.05) is 16.0 Å². The Morgan fingerprint density at radius 3 is 2.75 bits per heavy atom. The van der Waals surface area contributed by atoms with E-state index in [0.29, 0.717) is 15.7 Å². The van der Waals surface area contributed by atoms with Gasteiger partial charge in [0.15, 0.2) is 5.13 Å². The van der Waals surface area contributed by atoms with Crippen molar-refractivity contribution in [2.24, 2.45) is 0 Å². The monoisotopic (exact) mass is 304 g/mol. The fourth-order valence-electron chi connectivity index (χ4n) is 1.65. The average molecular weight is 305 g/mol. The highest BCUT2D eigenvalue weighted by molar-refractivity contribution is 7.14. The quantitative estimate of drug-likeness (QED) is 0.784. The molecule has 1 amide bonds. The number of nitrogens with zero attached hydrogens (tertiary/aromatic N) is 1. The number of aromatic nitrogens is 1. The van der Waals surface area contributed by atoms with Crippen LogP contribution in [0.25, 0.3) is 11.3 Å². The molecule has 0 saturated carbocycles. The van der Waals surface area contributed by atoms with E-state index in [1.54, 1.807) is 18.2 Å². The molecule has 1 aromatic carbocycles. The standard InChI is InChI=1S/C14H9ClN2O2S/c15-11-3-1-9(2-4-11)12-8-20-14(16-12)17-13(18)10-5-6-19-7-10/h1-8H,(H,16,17,18). The van der Waals surface area contributed by atoms with Crippen LogP contribution in [0.15, 0.2) is 52.7 Å². The van der Waals surface area contributed by atoms with Crippen molar-refractivity contribution < 1.29 is 9.21 Å². The van der Waals surface area contributed by atoms with Crippen molar-refractivity contribution in [2.45, 2.75) is 0 Å². The summed E-state index contributed by atoms with van der Waals surface area (Å²) in [6, 6.07) is 8.99. The third-order valence-corrected chi connectivity index (χ3v) is 3.66. The van der Waals surface area contributed by atoms with E-state index in [0.717, 1.165) is 11.3 Å². The summed E-state index contributed by atoms with van der Waals surface area (Å²) in [5, 5.41) is 5.83. The highest BCUT2D eigenvalue weighted by Crippen LogP contribution is 2.26. The fourth-order valence-corrected chi connectivity index (χ4v) is 2.49. The van der Waals surface area contributed by atoms with Crippen LogP contribution < -0.4 is 5.32 Å². The Kier molecular flexibility index (Phi) is 3.54. The molecule has 0 bridgehead atoms. The van der Waals surface area contributed by atoms with Gasteiger partial charge in [0.1, 0.15) is 6.26 Å². The summed E-state index contributed by atoms with van der Waals surface area (Å²) in [6.45, 7) is 0. The Morgan fingerprint density at radius 2 is 2.05 bits per heavy atom. The summed E-state index contributed by atoms with van der Waals surface area (Å²) < 4.78 is 4.87. The second kappa shape index (κ2) is 5.48. The van der Waals surface area contributed by atoms with Crippen molar-refractivity contribution in [1.29, 1.82) is 0 Å². The normalized spacial score (nSPS) is 10.4. The summed E-state index contributed by atoms with van der Waals surface area (Å²) in [4.78, 5) is 16.2. The summed E-state index contributed by atoms with van der Waals surface area (Å²) in [5.74, 6) is -0.240. The smallest absolute Gasteiger partial charge is 0.260 e. The first-order valence-electron chi connectivity index (χ1n) is 5.77. The number of carbonyl (C=O) groups is 1. The van der Waals surface area contributed by atoms with Crippen molar-refractivity contribution in [3.05, 3.63) is 58.8 Å². The number of furan rings is 1. The molecule has 6 heteroatoms. The molecule has 0 fully saturated rings. The van der Waals surface area contributed by atoms with Gasteiger partial charge >= 0.3 is 0 Å². The summed E-state index contributed by atoms with van der Waals surface area (Å²) in [5.41, 5.74) is 2.22. The molecule has 1 N–H and O–H groups in total. The summed E-state index contributed by atoms with van der Waals surface area (Å²) in [6.07, 6.45) is 2.85. The number of rotatable bonds is 3. The zero-order chi connectivity index (χ0) is 13.9. The minimum Gasteiger partial charge on any atom is -0.472 e. The molecule has 3 rings (SSSR count). The topological polar surface area (TPSA) is 55.1 Å². The molecule has 0 radical (unpaired) electrons. The molecule has 0 unspecified atom stereocenters. The first-order chi connectivity index (χ1) is 9.72. The maximum atomic E-state index is 11.8. The number of anilines is 1. The van der Waals surface area contributed by atoms with E-state index in [9.17, 15) is 4.79 Å². The lowest BCUT2D eigenvalue weighted by Crippen LogP contribution is -2.10. The highest BCUT2D eigenvalue weighted by atomic mass is 35.5. The van der Waals surface area contributed by atoms with Crippen LogP contribution >= 0.6 is 22.9 Å². The lowest BCUT2D eigenvalue weighted by Gasteiger charge is -1.98. The van der Waals surface area contributed by atoms with Gasteiger partial charge < -0.3 is 4.42 Å². The molecule has 0 spiro atoms. The first kappa shape index (κ1) is 12.9. The Labute approximate surface area is 124 Å². The van der Waals surface area contributed by atoms with Crippen molar-refractivity contribution in [2.75, 3.05) is 5.32 Å². The molecule has 2 aromatic heterocycles. The molecule has 2 heterocycles. The van der Waals surface area contributed by atoms with Crippen LogP contribution in [0, 0.1) is 0 Å². The second-order valence-corrected chi connectivity index (χ2v) is 5.31. The van der Waals surface area contributed by atoms with Gasteiger partial charge in [-0.15, -0.1) is 11.3 Å². The van der Waals surface area contributed by atoms with Gasteiger partial charge in [0.25, 0.3) is 5.91 Å². The molecule has 0 atom stereocenters. The van der Waals surface area contributed by atoms with Gasteiger partial charge in [0.2, 0.25) is 0 Å². The first-order valence-corrected chi connectivity index (χ1v) is 7.03. The third-order valence-electron chi connectivity index (χ3n) is 2.65. The maximum Gasteiger partial charge on any atom is 0.260 e. The van der Waals surface area contributed by atoms with Crippen LogP contribution in [-0.4, -0.2) is 10.9 Å².